The Morgan fingerprint density at radius 2 is 2.12 bits per heavy atom. The van der Waals surface area contributed by atoms with E-state index < -0.39 is 0 Å². The Bertz CT molecular complexity index is 1000. The summed E-state index contributed by atoms with van der Waals surface area (Å²) in [5.41, 5.74) is 8.83. The Balaban J connectivity index is 1.84. The van der Waals surface area contributed by atoms with Crippen LogP contribution in [0.4, 0.5) is 11.6 Å². The fourth-order valence-corrected chi connectivity index (χ4v) is 3.36. The van der Waals surface area contributed by atoms with E-state index in [9.17, 15) is 4.79 Å². The van der Waals surface area contributed by atoms with Gasteiger partial charge >= 0.3 is 0 Å². The smallest absolute Gasteiger partial charge is 0.228 e. The van der Waals surface area contributed by atoms with Crippen LogP contribution < -0.4 is 11.1 Å². The SMILES string of the molecule is Cc1ccncc1-c1nc(N)c2cnc(NC(=O)C3CC3)cc2c1Br. The molecule has 1 aliphatic rings. The van der Waals surface area contributed by atoms with Crippen molar-refractivity contribution in [3.05, 3.63) is 40.8 Å². The number of carbonyl (C=O) groups excluding carboxylic acids is 1. The zero-order chi connectivity index (χ0) is 17.6. The summed E-state index contributed by atoms with van der Waals surface area (Å²) in [5.74, 6) is 1.05. The third-order valence-electron chi connectivity index (χ3n) is 4.35. The molecule has 0 unspecified atom stereocenters. The predicted octanol–water partition coefficient (Wildman–Crippen LogP) is 3.69. The summed E-state index contributed by atoms with van der Waals surface area (Å²) in [6, 6.07) is 3.75. The van der Waals surface area contributed by atoms with Gasteiger partial charge in [-0.1, -0.05) is 0 Å². The molecule has 0 aliphatic heterocycles. The summed E-state index contributed by atoms with van der Waals surface area (Å²) >= 11 is 3.64. The molecule has 3 aromatic rings. The van der Waals surface area contributed by atoms with Crippen LogP contribution in [0.3, 0.4) is 0 Å². The fraction of sp³-hybridized carbons (Fsp3) is 0.222. The van der Waals surface area contributed by atoms with Crippen LogP contribution in [-0.4, -0.2) is 20.9 Å². The molecule has 0 aromatic carbocycles. The number of hydrogen-bond donors (Lipinski definition) is 2. The Labute approximate surface area is 153 Å². The Hall–Kier alpha value is -2.54. The van der Waals surface area contributed by atoms with Crippen molar-refractivity contribution >= 4 is 44.2 Å². The van der Waals surface area contributed by atoms with E-state index in [-0.39, 0.29) is 11.8 Å². The number of nitrogens with two attached hydrogens (primary N) is 1. The van der Waals surface area contributed by atoms with Gasteiger partial charge in [-0.3, -0.25) is 9.78 Å². The van der Waals surface area contributed by atoms with Crippen molar-refractivity contribution < 1.29 is 4.79 Å². The first-order valence-electron chi connectivity index (χ1n) is 8.01. The van der Waals surface area contributed by atoms with E-state index >= 15 is 0 Å². The molecule has 3 heterocycles. The molecule has 7 heteroatoms. The second-order valence-corrected chi connectivity index (χ2v) is 7.02. The van der Waals surface area contributed by atoms with E-state index in [1.165, 1.54) is 0 Å². The molecule has 3 aromatic heterocycles. The van der Waals surface area contributed by atoms with E-state index in [4.69, 9.17) is 5.73 Å². The lowest BCUT2D eigenvalue weighted by molar-refractivity contribution is -0.117. The molecule has 126 valence electrons. The van der Waals surface area contributed by atoms with E-state index in [0.717, 1.165) is 44.9 Å². The third-order valence-corrected chi connectivity index (χ3v) is 5.15. The molecule has 0 bridgehead atoms. The van der Waals surface area contributed by atoms with Gasteiger partial charge < -0.3 is 11.1 Å². The van der Waals surface area contributed by atoms with E-state index in [2.05, 4.69) is 36.2 Å². The van der Waals surface area contributed by atoms with Crippen molar-refractivity contribution in [3.8, 4) is 11.3 Å². The van der Waals surface area contributed by atoms with Gasteiger partial charge in [0.2, 0.25) is 5.91 Å². The number of amides is 1. The Morgan fingerprint density at radius 1 is 1.32 bits per heavy atom. The number of carbonyl (C=O) groups is 1. The van der Waals surface area contributed by atoms with Gasteiger partial charge in [-0.25, -0.2) is 9.97 Å². The van der Waals surface area contributed by atoms with Crippen LogP contribution in [0.15, 0.2) is 35.2 Å². The van der Waals surface area contributed by atoms with Crippen molar-refractivity contribution in [3.63, 3.8) is 0 Å². The number of halogens is 1. The summed E-state index contributed by atoms with van der Waals surface area (Å²) in [6.07, 6.45) is 7.05. The number of hydrogen-bond acceptors (Lipinski definition) is 5. The highest BCUT2D eigenvalue weighted by Gasteiger charge is 2.29. The molecule has 3 N–H and O–H groups in total. The molecule has 1 amide bonds. The van der Waals surface area contributed by atoms with Crippen molar-refractivity contribution in [2.75, 3.05) is 11.1 Å². The lowest BCUT2D eigenvalue weighted by Crippen LogP contribution is -2.14. The zero-order valence-corrected chi connectivity index (χ0v) is 15.2. The van der Waals surface area contributed by atoms with Crippen molar-refractivity contribution in [1.82, 2.24) is 15.0 Å². The summed E-state index contributed by atoms with van der Waals surface area (Å²) in [6.45, 7) is 2.00. The first-order valence-corrected chi connectivity index (χ1v) is 8.80. The maximum absolute atomic E-state index is 12.0. The molecule has 1 saturated carbocycles. The molecule has 0 radical (unpaired) electrons. The number of nitrogens with zero attached hydrogens (tertiary/aromatic N) is 3. The van der Waals surface area contributed by atoms with Crippen LogP contribution in [0.5, 0.6) is 0 Å². The normalized spacial score (nSPS) is 13.8. The second kappa shape index (κ2) is 6.07. The van der Waals surface area contributed by atoms with Gasteiger partial charge in [-0.2, -0.15) is 0 Å². The number of anilines is 2. The quantitative estimate of drug-likeness (QED) is 0.702. The second-order valence-electron chi connectivity index (χ2n) is 6.23. The molecule has 25 heavy (non-hydrogen) atoms. The molecule has 0 atom stereocenters. The highest BCUT2D eigenvalue weighted by atomic mass is 79.9. The van der Waals surface area contributed by atoms with Gasteiger partial charge in [-0.05, 0) is 53.4 Å². The number of nitrogens with one attached hydrogen (secondary N) is 1. The van der Waals surface area contributed by atoms with Crippen molar-refractivity contribution in [1.29, 1.82) is 0 Å². The summed E-state index contributed by atoms with van der Waals surface area (Å²) in [7, 11) is 0. The van der Waals surface area contributed by atoms with Gasteiger partial charge in [-0.15, -0.1) is 0 Å². The van der Waals surface area contributed by atoms with Crippen LogP contribution in [0.2, 0.25) is 0 Å². The largest absolute Gasteiger partial charge is 0.383 e. The first-order chi connectivity index (χ1) is 12.0. The molecular formula is C18H16BrN5O. The molecule has 0 spiro atoms. The zero-order valence-electron chi connectivity index (χ0n) is 13.6. The molecular weight excluding hydrogens is 382 g/mol. The summed E-state index contributed by atoms with van der Waals surface area (Å²) < 4.78 is 0.803. The maximum atomic E-state index is 12.0. The van der Waals surface area contributed by atoms with Crippen LogP contribution in [0.25, 0.3) is 22.0 Å². The highest BCUT2D eigenvalue weighted by Crippen LogP contribution is 2.37. The average Bonchev–Trinajstić information content (AvgIpc) is 3.44. The predicted molar refractivity (Wildman–Crippen MR) is 101 cm³/mol. The van der Waals surface area contributed by atoms with Gasteiger partial charge in [0.1, 0.15) is 11.6 Å². The highest BCUT2D eigenvalue weighted by molar-refractivity contribution is 9.10. The van der Waals surface area contributed by atoms with Crippen molar-refractivity contribution in [2.24, 2.45) is 5.92 Å². The first kappa shape index (κ1) is 16.0. The van der Waals surface area contributed by atoms with Crippen LogP contribution >= 0.6 is 15.9 Å². The lowest BCUT2D eigenvalue weighted by atomic mass is 10.1. The van der Waals surface area contributed by atoms with Crippen LogP contribution in [0, 0.1) is 12.8 Å². The van der Waals surface area contributed by atoms with Gasteiger partial charge in [0, 0.05) is 40.8 Å². The van der Waals surface area contributed by atoms with Gasteiger partial charge in [0.05, 0.1) is 10.2 Å². The van der Waals surface area contributed by atoms with Gasteiger partial charge in [0.25, 0.3) is 0 Å². The van der Waals surface area contributed by atoms with E-state index in [1.807, 2.05) is 19.1 Å². The molecule has 0 saturated heterocycles. The van der Waals surface area contributed by atoms with Crippen molar-refractivity contribution in [2.45, 2.75) is 19.8 Å². The Kier molecular flexibility index (Phi) is 3.88. The maximum Gasteiger partial charge on any atom is 0.228 e. The topological polar surface area (TPSA) is 93.8 Å². The monoisotopic (exact) mass is 397 g/mol. The van der Waals surface area contributed by atoms with Crippen LogP contribution in [0.1, 0.15) is 18.4 Å². The number of rotatable bonds is 3. The third kappa shape index (κ3) is 2.95. The number of fused-ring (bicyclic) bond motifs is 1. The number of pyridine rings is 3. The molecule has 1 fully saturated rings. The molecule has 1 aliphatic carbocycles. The number of aromatic nitrogens is 3. The van der Waals surface area contributed by atoms with E-state index in [1.54, 1.807) is 18.6 Å². The lowest BCUT2D eigenvalue weighted by Gasteiger charge is -2.12. The minimum Gasteiger partial charge on any atom is -0.383 e. The minimum absolute atomic E-state index is 0.0216. The molecule has 6 nitrogen and oxygen atoms in total. The molecule has 4 rings (SSSR count). The van der Waals surface area contributed by atoms with Gasteiger partial charge in [0.15, 0.2) is 0 Å². The number of nitrogen functional groups attached to an aromatic ring is 1. The van der Waals surface area contributed by atoms with Crippen LogP contribution in [-0.2, 0) is 4.79 Å². The van der Waals surface area contributed by atoms with E-state index in [0.29, 0.717) is 11.6 Å². The summed E-state index contributed by atoms with van der Waals surface area (Å²) in [5, 5.41) is 4.46. The standard InChI is InChI=1S/C18H16BrN5O/c1-9-4-5-21-7-12(9)16-15(19)11-6-14(23-18(25)10-2-3-10)22-8-13(11)17(20)24-16/h4-8,10H,2-3H2,1H3,(H2,20,24)(H,22,23,25). The average molecular weight is 398 g/mol. The Morgan fingerprint density at radius 3 is 2.84 bits per heavy atom. The minimum atomic E-state index is 0.0216. The number of aryl methyl sites for hydroxylation is 1. The summed E-state index contributed by atoms with van der Waals surface area (Å²) in [4.78, 5) is 25.0. The fourth-order valence-electron chi connectivity index (χ4n) is 2.73.